The van der Waals surface area contributed by atoms with Crippen LogP contribution < -0.4 is 10.6 Å². The molecule has 20 heavy (non-hydrogen) atoms. The predicted octanol–water partition coefficient (Wildman–Crippen LogP) is 2.05. The average molecular weight is 392 g/mol. The zero-order valence-corrected chi connectivity index (χ0v) is 14.6. The van der Waals surface area contributed by atoms with Crippen LogP contribution in [0.4, 0.5) is 0 Å². The van der Waals surface area contributed by atoms with Gasteiger partial charge in [0, 0.05) is 19.6 Å². The lowest BCUT2D eigenvalue weighted by atomic mass is 10.2. The summed E-state index contributed by atoms with van der Waals surface area (Å²) in [7, 11) is 1.80. The van der Waals surface area contributed by atoms with Crippen molar-refractivity contribution in [3.8, 4) is 0 Å². The molecule has 0 radical (unpaired) electrons. The number of likely N-dealkylation sites (N-methyl/N-ethyl adjacent to an activating group) is 1. The van der Waals surface area contributed by atoms with Crippen molar-refractivity contribution in [3.05, 3.63) is 24.2 Å². The molecule has 0 aliphatic carbocycles. The number of halogens is 1. The number of nitrogens with zero attached hydrogens (tertiary/aromatic N) is 2. The van der Waals surface area contributed by atoms with E-state index in [1.54, 1.807) is 13.3 Å². The first-order valence-corrected chi connectivity index (χ1v) is 7.04. The molecule has 1 unspecified atom stereocenters. The van der Waals surface area contributed by atoms with Crippen molar-refractivity contribution in [2.75, 3.05) is 26.7 Å². The van der Waals surface area contributed by atoms with Crippen molar-refractivity contribution < 1.29 is 4.42 Å². The lowest BCUT2D eigenvalue weighted by Crippen LogP contribution is -2.44. The van der Waals surface area contributed by atoms with E-state index in [0.717, 1.165) is 24.8 Å². The molecule has 2 rings (SSSR count). The summed E-state index contributed by atoms with van der Waals surface area (Å²) >= 11 is 0. The molecule has 2 N–H and O–H groups in total. The molecule has 0 spiro atoms. The maximum atomic E-state index is 5.29. The van der Waals surface area contributed by atoms with E-state index in [1.807, 2.05) is 12.1 Å². The minimum Gasteiger partial charge on any atom is -0.467 e. The van der Waals surface area contributed by atoms with Crippen molar-refractivity contribution in [2.45, 2.75) is 32.4 Å². The molecule has 1 fully saturated rings. The fraction of sp³-hybridized carbons (Fsp3) is 0.643. The Hall–Kier alpha value is -0.760. The summed E-state index contributed by atoms with van der Waals surface area (Å²) in [6, 6.07) is 4.48. The Bertz CT molecular complexity index is 394. The largest absolute Gasteiger partial charge is 0.467 e. The molecule has 1 aromatic heterocycles. The second kappa shape index (κ2) is 9.23. The van der Waals surface area contributed by atoms with Gasteiger partial charge < -0.3 is 15.1 Å². The number of hydrogen-bond acceptors (Lipinski definition) is 3. The lowest BCUT2D eigenvalue weighted by Gasteiger charge is -2.23. The molecule has 1 saturated heterocycles. The van der Waals surface area contributed by atoms with Gasteiger partial charge >= 0.3 is 0 Å². The van der Waals surface area contributed by atoms with Crippen LogP contribution in [0.2, 0.25) is 0 Å². The van der Waals surface area contributed by atoms with E-state index in [4.69, 9.17) is 4.42 Å². The van der Waals surface area contributed by atoms with Gasteiger partial charge in [0.05, 0.1) is 12.8 Å². The summed E-state index contributed by atoms with van der Waals surface area (Å²) in [4.78, 5) is 6.75. The Morgan fingerprint density at radius 1 is 1.50 bits per heavy atom. The van der Waals surface area contributed by atoms with Crippen LogP contribution >= 0.6 is 24.0 Å². The van der Waals surface area contributed by atoms with Crippen LogP contribution in [0.15, 0.2) is 27.8 Å². The van der Waals surface area contributed by atoms with Crippen molar-refractivity contribution in [1.29, 1.82) is 0 Å². The summed E-state index contributed by atoms with van der Waals surface area (Å²) in [6.07, 6.45) is 4.26. The van der Waals surface area contributed by atoms with Crippen LogP contribution in [-0.2, 0) is 6.54 Å². The van der Waals surface area contributed by atoms with Crippen molar-refractivity contribution in [2.24, 2.45) is 4.99 Å². The molecule has 114 valence electrons. The van der Waals surface area contributed by atoms with Gasteiger partial charge in [-0.05, 0) is 38.1 Å². The summed E-state index contributed by atoms with van der Waals surface area (Å²) < 4.78 is 5.29. The number of rotatable bonds is 5. The summed E-state index contributed by atoms with van der Waals surface area (Å²) in [5, 5.41) is 6.65. The summed E-state index contributed by atoms with van der Waals surface area (Å²) in [6.45, 7) is 6.19. The highest BCUT2D eigenvalue weighted by Gasteiger charge is 2.22. The van der Waals surface area contributed by atoms with Gasteiger partial charge in [0.25, 0.3) is 0 Å². The van der Waals surface area contributed by atoms with Crippen LogP contribution in [0.5, 0.6) is 0 Å². The third-order valence-corrected chi connectivity index (χ3v) is 3.64. The van der Waals surface area contributed by atoms with E-state index < -0.39 is 0 Å². The van der Waals surface area contributed by atoms with Crippen LogP contribution in [0.25, 0.3) is 0 Å². The molecule has 0 amide bonds. The second-order valence-electron chi connectivity index (χ2n) is 4.81. The molecule has 5 nitrogen and oxygen atoms in total. The summed E-state index contributed by atoms with van der Waals surface area (Å²) in [5.41, 5.74) is 0. The van der Waals surface area contributed by atoms with E-state index in [1.165, 1.54) is 19.4 Å². The van der Waals surface area contributed by atoms with Gasteiger partial charge in [0.2, 0.25) is 0 Å². The fourth-order valence-electron chi connectivity index (χ4n) is 2.56. The molecular weight excluding hydrogens is 367 g/mol. The van der Waals surface area contributed by atoms with Gasteiger partial charge in [-0.1, -0.05) is 6.92 Å². The van der Waals surface area contributed by atoms with Gasteiger partial charge in [0.1, 0.15) is 5.76 Å². The van der Waals surface area contributed by atoms with Crippen LogP contribution in [0.1, 0.15) is 25.5 Å². The Morgan fingerprint density at radius 3 is 3.00 bits per heavy atom. The molecule has 2 heterocycles. The van der Waals surface area contributed by atoms with E-state index >= 15 is 0 Å². The van der Waals surface area contributed by atoms with Crippen LogP contribution in [-0.4, -0.2) is 43.6 Å². The molecule has 0 saturated carbocycles. The fourth-order valence-corrected chi connectivity index (χ4v) is 2.56. The average Bonchev–Trinajstić information content (AvgIpc) is 3.09. The third kappa shape index (κ3) is 4.97. The summed E-state index contributed by atoms with van der Waals surface area (Å²) in [5.74, 6) is 1.75. The normalized spacial score (nSPS) is 19.7. The number of aliphatic imine (C=N–C) groups is 1. The SMILES string of the molecule is CCN1CCCC1CNC(=NC)NCc1ccco1.I. The standard InChI is InChI=1S/C14H24N4O.HI/c1-3-18-8-4-6-12(18)10-16-14(15-2)17-11-13-7-5-9-19-13;/h5,7,9,12H,3-4,6,8,10-11H2,1-2H3,(H2,15,16,17);1H. The van der Waals surface area contributed by atoms with Gasteiger partial charge in [-0.2, -0.15) is 0 Å². The Labute approximate surface area is 138 Å². The number of hydrogen-bond donors (Lipinski definition) is 2. The van der Waals surface area contributed by atoms with Crippen LogP contribution in [0.3, 0.4) is 0 Å². The van der Waals surface area contributed by atoms with Crippen molar-refractivity contribution >= 4 is 29.9 Å². The van der Waals surface area contributed by atoms with E-state index in [9.17, 15) is 0 Å². The zero-order valence-electron chi connectivity index (χ0n) is 12.3. The number of guanidine groups is 1. The van der Waals surface area contributed by atoms with E-state index in [2.05, 4.69) is 27.4 Å². The van der Waals surface area contributed by atoms with Gasteiger partial charge in [-0.3, -0.25) is 9.89 Å². The smallest absolute Gasteiger partial charge is 0.191 e. The van der Waals surface area contributed by atoms with Crippen molar-refractivity contribution in [3.63, 3.8) is 0 Å². The van der Waals surface area contributed by atoms with Crippen molar-refractivity contribution in [1.82, 2.24) is 15.5 Å². The van der Waals surface area contributed by atoms with Crippen LogP contribution in [0, 0.1) is 0 Å². The molecule has 1 atom stereocenters. The molecular formula is C14H25IN4O. The highest BCUT2D eigenvalue weighted by Crippen LogP contribution is 2.15. The zero-order chi connectivity index (χ0) is 13.5. The van der Waals surface area contributed by atoms with Gasteiger partial charge in [0.15, 0.2) is 5.96 Å². The van der Waals surface area contributed by atoms with Gasteiger partial charge in [-0.15, -0.1) is 24.0 Å². The minimum atomic E-state index is 0. The third-order valence-electron chi connectivity index (χ3n) is 3.64. The first kappa shape index (κ1) is 17.3. The maximum absolute atomic E-state index is 5.29. The Morgan fingerprint density at radius 2 is 2.35 bits per heavy atom. The number of likely N-dealkylation sites (tertiary alicyclic amines) is 1. The number of nitrogens with one attached hydrogen (secondary N) is 2. The molecule has 1 aliphatic rings. The van der Waals surface area contributed by atoms with E-state index in [0.29, 0.717) is 12.6 Å². The molecule has 0 aromatic carbocycles. The number of furan rings is 1. The monoisotopic (exact) mass is 392 g/mol. The highest BCUT2D eigenvalue weighted by molar-refractivity contribution is 14.0. The first-order chi connectivity index (χ1) is 9.33. The highest BCUT2D eigenvalue weighted by atomic mass is 127. The van der Waals surface area contributed by atoms with Gasteiger partial charge in [-0.25, -0.2) is 0 Å². The van der Waals surface area contributed by atoms with E-state index in [-0.39, 0.29) is 24.0 Å². The minimum absolute atomic E-state index is 0. The Balaban J connectivity index is 0.00000200. The molecule has 1 aromatic rings. The first-order valence-electron chi connectivity index (χ1n) is 7.04. The Kier molecular flexibility index (Phi) is 7.98. The lowest BCUT2D eigenvalue weighted by molar-refractivity contribution is 0.267. The predicted molar refractivity (Wildman–Crippen MR) is 92.6 cm³/mol. The molecule has 6 heteroatoms. The topological polar surface area (TPSA) is 52.8 Å². The molecule has 0 bridgehead atoms. The quantitative estimate of drug-likeness (QED) is 0.458. The molecule has 1 aliphatic heterocycles. The second-order valence-corrected chi connectivity index (χ2v) is 4.81. The maximum Gasteiger partial charge on any atom is 0.191 e.